The maximum Gasteiger partial charge on any atom is 0.251 e. The summed E-state index contributed by atoms with van der Waals surface area (Å²) in [5, 5.41) is 14.2. The molecule has 1 unspecified atom stereocenters. The van der Waals surface area contributed by atoms with Crippen LogP contribution >= 0.6 is 11.6 Å². The Hall–Kier alpha value is -1.82. The van der Waals surface area contributed by atoms with Gasteiger partial charge in [0.25, 0.3) is 5.91 Å². The third-order valence-corrected chi connectivity index (χ3v) is 3.30. The van der Waals surface area contributed by atoms with E-state index < -0.39 is 17.8 Å². The maximum atomic E-state index is 13.3. The van der Waals surface area contributed by atoms with Crippen molar-refractivity contribution in [2.24, 2.45) is 16.8 Å². The van der Waals surface area contributed by atoms with E-state index in [1.54, 1.807) is 0 Å². The molecule has 0 aromatic heterocycles. The summed E-state index contributed by atoms with van der Waals surface area (Å²) in [6.07, 6.45) is 1.80. The first kappa shape index (κ1) is 13.6. The normalized spacial score (nSPS) is 17.1. The molecular weight excluding hydrogens is 273 g/mol. The predicted molar refractivity (Wildman–Crippen MR) is 68.8 cm³/mol. The van der Waals surface area contributed by atoms with Gasteiger partial charge >= 0.3 is 0 Å². The fraction of sp³-hybridized carbons (Fsp3) is 0.333. The van der Waals surface area contributed by atoms with E-state index in [9.17, 15) is 9.18 Å². The highest BCUT2D eigenvalue weighted by Crippen LogP contribution is 2.32. The molecule has 0 heterocycles. The number of nitrogens with one attached hydrogen (secondary N) is 1. The van der Waals surface area contributed by atoms with Crippen molar-refractivity contribution in [1.29, 1.82) is 0 Å². The Morgan fingerprint density at radius 1 is 1.58 bits per heavy atom. The average Bonchev–Trinajstić information content (AvgIpc) is 3.22. The number of carbonyl (C=O) groups excluding carboxylic acids is 1. The van der Waals surface area contributed by atoms with Gasteiger partial charge in [0.2, 0.25) is 0 Å². The average molecular weight is 286 g/mol. The number of carbonyl (C=O) groups is 1. The maximum absolute atomic E-state index is 13.3. The quantitative estimate of drug-likeness (QED) is 0.341. The van der Waals surface area contributed by atoms with Crippen LogP contribution in [0.5, 0.6) is 0 Å². The molecule has 0 radical (unpaired) electrons. The third-order valence-electron chi connectivity index (χ3n) is 3.00. The van der Waals surface area contributed by atoms with Crippen LogP contribution < -0.4 is 11.1 Å². The Labute approximate surface area is 114 Å². The topological polar surface area (TPSA) is 87.7 Å². The summed E-state index contributed by atoms with van der Waals surface area (Å²) in [6, 6.07) is 3.24. The first-order chi connectivity index (χ1) is 9.02. The van der Waals surface area contributed by atoms with Crippen LogP contribution in [-0.2, 0) is 0 Å². The van der Waals surface area contributed by atoms with Crippen LogP contribution in [0, 0.1) is 11.7 Å². The number of halogens is 2. The summed E-state index contributed by atoms with van der Waals surface area (Å²) in [5.41, 5.74) is 5.67. The van der Waals surface area contributed by atoms with Crippen LogP contribution in [0.3, 0.4) is 0 Å². The zero-order valence-electron chi connectivity index (χ0n) is 9.94. The molecular formula is C12H13ClFN3O2. The van der Waals surface area contributed by atoms with Gasteiger partial charge in [-0.3, -0.25) is 4.79 Å². The summed E-state index contributed by atoms with van der Waals surface area (Å²) in [7, 11) is 0. The monoisotopic (exact) mass is 285 g/mol. The summed E-state index contributed by atoms with van der Waals surface area (Å²) in [6.45, 7) is 0. The lowest BCUT2D eigenvalue weighted by Crippen LogP contribution is -2.46. The lowest BCUT2D eigenvalue weighted by Gasteiger charge is -2.16. The molecule has 1 fully saturated rings. The lowest BCUT2D eigenvalue weighted by atomic mass is 10.1. The van der Waals surface area contributed by atoms with Crippen LogP contribution in [0.15, 0.2) is 23.4 Å². The van der Waals surface area contributed by atoms with Gasteiger partial charge in [-0.15, -0.1) is 0 Å². The molecule has 4 N–H and O–H groups in total. The number of rotatable bonds is 4. The zero-order chi connectivity index (χ0) is 14.0. The van der Waals surface area contributed by atoms with Crippen molar-refractivity contribution in [2.75, 3.05) is 0 Å². The van der Waals surface area contributed by atoms with Crippen LogP contribution in [-0.4, -0.2) is 23.0 Å². The van der Waals surface area contributed by atoms with Gasteiger partial charge in [0.15, 0.2) is 5.84 Å². The van der Waals surface area contributed by atoms with Gasteiger partial charge in [0, 0.05) is 5.56 Å². The van der Waals surface area contributed by atoms with Gasteiger partial charge in [0.1, 0.15) is 5.82 Å². The van der Waals surface area contributed by atoms with E-state index in [-0.39, 0.29) is 22.3 Å². The van der Waals surface area contributed by atoms with Gasteiger partial charge in [-0.2, -0.15) is 0 Å². The van der Waals surface area contributed by atoms with Gasteiger partial charge in [-0.1, -0.05) is 16.8 Å². The molecule has 0 aliphatic heterocycles. The SMILES string of the molecule is N/C(=N/O)C(NC(=O)c1ccc(Cl)c(F)c1)C1CC1. The Morgan fingerprint density at radius 3 is 2.79 bits per heavy atom. The van der Waals surface area contributed by atoms with E-state index in [0.717, 1.165) is 18.9 Å². The molecule has 1 aliphatic rings. The second-order valence-corrected chi connectivity index (χ2v) is 4.85. The molecule has 1 amide bonds. The van der Waals surface area contributed by atoms with E-state index in [0.29, 0.717) is 0 Å². The van der Waals surface area contributed by atoms with E-state index in [1.807, 2.05) is 0 Å². The lowest BCUT2D eigenvalue weighted by molar-refractivity contribution is 0.0942. The van der Waals surface area contributed by atoms with E-state index in [4.69, 9.17) is 22.5 Å². The molecule has 2 rings (SSSR count). The van der Waals surface area contributed by atoms with Crippen LogP contribution in [0.1, 0.15) is 23.2 Å². The molecule has 19 heavy (non-hydrogen) atoms. The van der Waals surface area contributed by atoms with Gasteiger partial charge < -0.3 is 16.3 Å². The molecule has 7 heteroatoms. The second kappa shape index (κ2) is 5.44. The van der Waals surface area contributed by atoms with Crippen molar-refractivity contribution in [2.45, 2.75) is 18.9 Å². The van der Waals surface area contributed by atoms with Crippen molar-refractivity contribution in [3.05, 3.63) is 34.6 Å². The Kier molecular flexibility index (Phi) is 3.90. The number of hydrogen-bond donors (Lipinski definition) is 3. The van der Waals surface area contributed by atoms with Crippen molar-refractivity contribution >= 4 is 23.3 Å². The minimum atomic E-state index is -0.666. The van der Waals surface area contributed by atoms with E-state index in [2.05, 4.69) is 10.5 Å². The van der Waals surface area contributed by atoms with Gasteiger partial charge in [-0.25, -0.2) is 4.39 Å². The van der Waals surface area contributed by atoms with Gasteiger partial charge in [-0.05, 0) is 37.0 Å². The molecule has 1 saturated carbocycles. The van der Waals surface area contributed by atoms with E-state index >= 15 is 0 Å². The summed E-state index contributed by atoms with van der Waals surface area (Å²) in [5.74, 6) is -1.04. The zero-order valence-corrected chi connectivity index (χ0v) is 10.7. The number of oxime groups is 1. The van der Waals surface area contributed by atoms with Gasteiger partial charge in [0.05, 0.1) is 11.1 Å². The molecule has 5 nitrogen and oxygen atoms in total. The minimum Gasteiger partial charge on any atom is -0.409 e. The predicted octanol–water partition coefficient (Wildman–Crippen LogP) is 1.73. The highest BCUT2D eigenvalue weighted by atomic mass is 35.5. The Morgan fingerprint density at radius 2 is 2.26 bits per heavy atom. The highest BCUT2D eigenvalue weighted by molar-refractivity contribution is 6.30. The smallest absolute Gasteiger partial charge is 0.251 e. The molecule has 102 valence electrons. The second-order valence-electron chi connectivity index (χ2n) is 4.44. The van der Waals surface area contributed by atoms with Crippen molar-refractivity contribution in [3.63, 3.8) is 0 Å². The summed E-state index contributed by atoms with van der Waals surface area (Å²) < 4.78 is 13.3. The van der Waals surface area contributed by atoms with Crippen molar-refractivity contribution < 1.29 is 14.4 Å². The molecule has 1 aromatic carbocycles. The van der Waals surface area contributed by atoms with Crippen LogP contribution in [0.2, 0.25) is 5.02 Å². The number of nitrogens with zero attached hydrogens (tertiary/aromatic N) is 1. The molecule has 0 bridgehead atoms. The number of nitrogens with two attached hydrogens (primary N) is 1. The van der Waals surface area contributed by atoms with E-state index in [1.165, 1.54) is 12.1 Å². The standard InChI is InChI=1S/C12H13ClFN3O2/c13-8-4-3-7(5-9(8)14)12(18)16-10(6-1-2-6)11(15)17-19/h3-6,10,19H,1-2H2,(H2,15,17)(H,16,18). The number of hydrogen-bond acceptors (Lipinski definition) is 3. The number of amidine groups is 1. The highest BCUT2D eigenvalue weighted by Gasteiger charge is 2.35. The molecule has 1 atom stereocenters. The Balaban J connectivity index is 2.12. The molecule has 1 aliphatic carbocycles. The van der Waals surface area contributed by atoms with Crippen LogP contribution in [0.25, 0.3) is 0 Å². The number of benzene rings is 1. The molecule has 0 saturated heterocycles. The fourth-order valence-corrected chi connectivity index (χ4v) is 1.90. The molecule has 1 aromatic rings. The third kappa shape index (κ3) is 3.14. The molecule has 0 spiro atoms. The van der Waals surface area contributed by atoms with Crippen molar-refractivity contribution in [1.82, 2.24) is 5.32 Å². The first-order valence-electron chi connectivity index (χ1n) is 5.76. The fourth-order valence-electron chi connectivity index (χ4n) is 1.79. The summed E-state index contributed by atoms with van der Waals surface area (Å²) >= 11 is 5.55. The minimum absolute atomic E-state index is 0.0493. The first-order valence-corrected chi connectivity index (χ1v) is 6.14. The largest absolute Gasteiger partial charge is 0.409 e. The number of amides is 1. The van der Waals surface area contributed by atoms with Crippen LogP contribution in [0.4, 0.5) is 4.39 Å². The summed E-state index contributed by atoms with van der Waals surface area (Å²) in [4.78, 5) is 12.0. The van der Waals surface area contributed by atoms with Crippen molar-refractivity contribution in [3.8, 4) is 0 Å². The Bertz CT molecular complexity index is 532.